The lowest BCUT2D eigenvalue weighted by molar-refractivity contribution is -0.162. The maximum absolute atomic E-state index is 14.5. The zero-order valence-electron chi connectivity index (χ0n) is 21.6. The highest BCUT2D eigenvalue weighted by molar-refractivity contribution is 5.98. The number of carboxylic acids is 1. The van der Waals surface area contributed by atoms with Crippen molar-refractivity contribution in [2.45, 2.75) is 102 Å². The molecule has 8 heteroatoms. The van der Waals surface area contributed by atoms with Crippen LogP contribution in [0.15, 0.2) is 12.7 Å². The Morgan fingerprint density at radius 1 is 1.31 bits per heavy atom. The number of amides is 2. The molecule has 1 spiro atoms. The summed E-state index contributed by atoms with van der Waals surface area (Å²) < 4.78 is 6.62. The number of aliphatic hydroxyl groups is 1. The van der Waals surface area contributed by atoms with Crippen LogP contribution in [-0.4, -0.2) is 80.3 Å². The molecule has 196 valence electrons. The number of hydrogen-bond acceptors (Lipinski definition) is 5. The molecule has 35 heavy (non-hydrogen) atoms. The molecule has 8 atom stereocenters. The Kier molecular flexibility index (Phi) is 7.10. The van der Waals surface area contributed by atoms with Crippen molar-refractivity contribution in [1.29, 1.82) is 0 Å². The van der Waals surface area contributed by atoms with Gasteiger partial charge in [0.25, 0.3) is 0 Å². The van der Waals surface area contributed by atoms with E-state index in [0.717, 1.165) is 32.1 Å². The van der Waals surface area contributed by atoms with Crippen LogP contribution in [0.3, 0.4) is 0 Å². The second-order valence-electron chi connectivity index (χ2n) is 11.5. The lowest BCUT2D eigenvalue weighted by Gasteiger charge is -2.43. The van der Waals surface area contributed by atoms with Gasteiger partial charge in [-0.1, -0.05) is 52.5 Å². The SMILES string of the molecule is C=CCN(C(=O)C1N([C@@H](CO)[C@@H](C)CC)C(=O)[C@@H]2[C@H](C(=O)O)[C@@]3(C)OC12CC3C)C1CCCCC1. The van der Waals surface area contributed by atoms with Gasteiger partial charge < -0.3 is 24.7 Å². The maximum Gasteiger partial charge on any atom is 0.310 e. The minimum absolute atomic E-state index is 0.0553. The maximum atomic E-state index is 14.5. The number of hydrogen-bond donors (Lipinski definition) is 2. The van der Waals surface area contributed by atoms with Gasteiger partial charge in [0.1, 0.15) is 17.6 Å². The van der Waals surface area contributed by atoms with Gasteiger partial charge in [-0.25, -0.2) is 0 Å². The van der Waals surface area contributed by atoms with E-state index < -0.39 is 41.1 Å². The molecule has 2 bridgehead atoms. The van der Waals surface area contributed by atoms with Crippen LogP contribution in [0.1, 0.15) is 72.6 Å². The van der Waals surface area contributed by atoms with E-state index in [1.54, 1.807) is 13.0 Å². The Labute approximate surface area is 208 Å². The normalized spacial score (nSPS) is 38.3. The largest absolute Gasteiger partial charge is 0.481 e. The highest BCUT2D eigenvalue weighted by Gasteiger charge is 2.80. The van der Waals surface area contributed by atoms with Gasteiger partial charge in [0.15, 0.2) is 0 Å². The van der Waals surface area contributed by atoms with Crippen molar-refractivity contribution < 1.29 is 29.3 Å². The molecule has 0 radical (unpaired) electrons. The number of fused-ring (bicyclic) bond motifs is 1. The molecule has 2 amide bonds. The zero-order valence-corrected chi connectivity index (χ0v) is 21.6. The number of rotatable bonds is 9. The number of carboxylic acid groups (broad SMARTS) is 1. The van der Waals surface area contributed by atoms with E-state index in [2.05, 4.69) is 6.58 Å². The molecule has 3 unspecified atom stereocenters. The third-order valence-electron chi connectivity index (χ3n) is 9.72. The first-order valence-electron chi connectivity index (χ1n) is 13.4. The lowest BCUT2D eigenvalue weighted by Crippen LogP contribution is -2.61. The van der Waals surface area contributed by atoms with E-state index in [0.29, 0.717) is 19.4 Å². The number of carbonyl (C=O) groups is 3. The van der Waals surface area contributed by atoms with Gasteiger partial charge in [-0.05, 0) is 38.0 Å². The second-order valence-corrected chi connectivity index (χ2v) is 11.5. The Morgan fingerprint density at radius 3 is 2.51 bits per heavy atom. The number of ether oxygens (including phenoxy) is 1. The van der Waals surface area contributed by atoms with E-state index in [1.165, 1.54) is 4.90 Å². The summed E-state index contributed by atoms with van der Waals surface area (Å²) in [6.45, 7) is 11.6. The number of carbonyl (C=O) groups excluding carboxylic acids is 2. The lowest BCUT2D eigenvalue weighted by atomic mass is 9.62. The second kappa shape index (κ2) is 9.51. The molecule has 4 aliphatic rings. The molecule has 0 aromatic carbocycles. The highest BCUT2D eigenvalue weighted by atomic mass is 16.5. The number of aliphatic hydroxyl groups excluding tert-OH is 1. The van der Waals surface area contributed by atoms with Crippen molar-refractivity contribution in [3.05, 3.63) is 12.7 Å². The summed E-state index contributed by atoms with van der Waals surface area (Å²) in [4.78, 5) is 44.5. The van der Waals surface area contributed by atoms with E-state index in [9.17, 15) is 24.6 Å². The molecule has 2 N–H and O–H groups in total. The van der Waals surface area contributed by atoms with Crippen molar-refractivity contribution in [1.82, 2.24) is 9.80 Å². The molecule has 0 aromatic heterocycles. The first kappa shape index (κ1) is 26.1. The average Bonchev–Trinajstić information content (AvgIpc) is 3.35. The molecule has 3 saturated heterocycles. The predicted molar refractivity (Wildman–Crippen MR) is 130 cm³/mol. The first-order valence-corrected chi connectivity index (χ1v) is 13.4. The summed E-state index contributed by atoms with van der Waals surface area (Å²) in [7, 11) is 0. The summed E-state index contributed by atoms with van der Waals surface area (Å²) in [5.74, 6) is -3.79. The Balaban J connectivity index is 1.85. The Bertz CT molecular complexity index is 872. The summed E-state index contributed by atoms with van der Waals surface area (Å²) in [6.07, 6.45) is 7.92. The van der Waals surface area contributed by atoms with Crippen molar-refractivity contribution in [2.24, 2.45) is 23.7 Å². The van der Waals surface area contributed by atoms with Gasteiger partial charge in [0, 0.05) is 12.6 Å². The number of likely N-dealkylation sites (tertiary alicyclic amines) is 1. The summed E-state index contributed by atoms with van der Waals surface area (Å²) >= 11 is 0. The van der Waals surface area contributed by atoms with Crippen molar-refractivity contribution in [2.75, 3.05) is 13.2 Å². The number of aliphatic carboxylic acids is 1. The smallest absolute Gasteiger partial charge is 0.310 e. The third kappa shape index (κ3) is 3.74. The molecule has 0 aromatic rings. The molecular formula is C27H42N2O6. The fourth-order valence-electron chi connectivity index (χ4n) is 7.61. The van der Waals surface area contributed by atoms with Crippen LogP contribution < -0.4 is 0 Å². The van der Waals surface area contributed by atoms with Gasteiger partial charge >= 0.3 is 5.97 Å². The molecule has 3 aliphatic heterocycles. The van der Waals surface area contributed by atoms with Crippen LogP contribution >= 0.6 is 0 Å². The van der Waals surface area contributed by atoms with Gasteiger partial charge in [-0.3, -0.25) is 14.4 Å². The molecule has 1 aliphatic carbocycles. The van der Waals surface area contributed by atoms with E-state index in [-0.39, 0.29) is 36.3 Å². The van der Waals surface area contributed by atoms with Crippen LogP contribution in [0.4, 0.5) is 0 Å². The van der Waals surface area contributed by atoms with Crippen LogP contribution in [-0.2, 0) is 19.1 Å². The topological polar surface area (TPSA) is 107 Å². The van der Waals surface area contributed by atoms with Gasteiger partial charge in [0.05, 0.1) is 24.2 Å². The number of nitrogens with zero attached hydrogens (tertiary/aromatic N) is 2. The van der Waals surface area contributed by atoms with Gasteiger partial charge in [0.2, 0.25) is 11.8 Å². The van der Waals surface area contributed by atoms with Gasteiger partial charge in [-0.15, -0.1) is 6.58 Å². The van der Waals surface area contributed by atoms with Crippen LogP contribution in [0.2, 0.25) is 0 Å². The average molecular weight is 491 g/mol. The van der Waals surface area contributed by atoms with E-state index in [1.807, 2.05) is 25.7 Å². The van der Waals surface area contributed by atoms with E-state index in [4.69, 9.17) is 4.74 Å². The predicted octanol–water partition coefficient (Wildman–Crippen LogP) is 2.84. The van der Waals surface area contributed by atoms with Crippen LogP contribution in [0.25, 0.3) is 0 Å². The monoisotopic (exact) mass is 490 g/mol. The summed E-state index contributed by atoms with van der Waals surface area (Å²) in [5.41, 5.74) is -2.23. The zero-order chi connectivity index (χ0) is 25.7. The Hall–Kier alpha value is -1.93. The Morgan fingerprint density at radius 2 is 1.97 bits per heavy atom. The first-order chi connectivity index (χ1) is 16.6. The standard InChI is InChI=1S/C27H42N2O6/c1-6-13-28(18-11-9-8-10-12-18)24(32)22-27-14-17(4)26(5,35-27)21(25(33)34)20(27)23(31)29(22)19(15-30)16(3)7-2/h6,16-22,30H,1,7-15H2,2-5H3,(H,33,34)/t16-,17?,19-,20-,21+,22?,26-,27?/m0/s1. The van der Waals surface area contributed by atoms with Gasteiger partial charge in [-0.2, -0.15) is 0 Å². The molecular weight excluding hydrogens is 448 g/mol. The quantitative estimate of drug-likeness (QED) is 0.481. The van der Waals surface area contributed by atoms with E-state index >= 15 is 0 Å². The fourth-order valence-corrected chi connectivity index (χ4v) is 7.61. The summed E-state index contributed by atoms with van der Waals surface area (Å²) in [6, 6.07) is -1.49. The summed E-state index contributed by atoms with van der Waals surface area (Å²) in [5, 5.41) is 20.6. The molecule has 3 heterocycles. The fraction of sp³-hybridized carbons (Fsp3) is 0.815. The molecule has 4 rings (SSSR count). The molecule has 1 saturated carbocycles. The van der Waals surface area contributed by atoms with Crippen LogP contribution in [0, 0.1) is 23.7 Å². The van der Waals surface area contributed by atoms with Crippen molar-refractivity contribution in [3.63, 3.8) is 0 Å². The minimum Gasteiger partial charge on any atom is -0.481 e. The van der Waals surface area contributed by atoms with Crippen LogP contribution in [0.5, 0.6) is 0 Å². The highest BCUT2D eigenvalue weighted by Crippen LogP contribution is 2.65. The minimum atomic E-state index is -1.21. The molecule has 8 nitrogen and oxygen atoms in total. The third-order valence-corrected chi connectivity index (χ3v) is 9.72. The van der Waals surface area contributed by atoms with Crippen molar-refractivity contribution >= 4 is 17.8 Å². The molecule has 4 fully saturated rings. The van der Waals surface area contributed by atoms with Crippen molar-refractivity contribution in [3.8, 4) is 0 Å².